The van der Waals surface area contributed by atoms with Crippen molar-refractivity contribution in [3.8, 4) is 5.75 Å². The number of fused-ring (bicyclic) bond motifs is 1. The van der Waals surface area contributed by atoms with Crippen LogP contribution in [-0.4, -0.2) is 23.4 Å². The van der Waals surface area contributed by atoms with Crippen molar-refractivity contribution in [3.05, 3.63) is 47.2 Å². The Balaban J connectivity index is 1.84. The molecule has 2 amide bonds. The monoisotopic (exact) mass is 303 g/mol. The van der Waals surface area contributed by atoms with Crippen LogP contribution in [0.4, 0.5) is 11.4 Å². The van der Waals surface area contributed by atoms with Crippen molar-refractivity contribution in [2.75, 3.05) is 17.2 Å². The molecule has 1 aromatic heterocycles. The number of nitrogens with one attached hydrogen (secondary N) is 2. The van der Waals surface area contributed by atoms with Gasteiger partial charge in [-0.25, -0.2) is 4.98 Å². The Morgan fingerprint density at radius 2 is 2.24 bits per heavy atom. The molecule has 0 aliphatic carbocycles. The predicted molar refractivity (Wildman–Crippen MR) is 77.8 cm³/mol. The number of carbonyl (C=O) groups is 2. The third kappa shape index (κ3) is 2.80. The van der Waals surface area contributed by atoms with Crippen LogP contribution in [0.2, 0.25) is 5.15 Å². The maximum Gasteiger partial charge on any atom is 0.262 e. The Labute approximate surface area is 125 Å². The molecule has 0 bridgehead atoms. The van der Waals surface area contributed by atoms with Crippen LogP contribution in [0.25, 0.3) is 0 Å². The minimum absolute atomic E-state index is 0.0240. The summed E-state index contributed by atoms with van der Waals surface area (Å²) in [5.41, 5.74) is 1.26. The van der Waals surface area contributed by atoms with Crippen LogP contribution < -0.4 is 15.4 Å². The molecule has 0 radical (unpaired) electrons. The maximum atomic E-state index is 12.2. The number of amides is 2. The van der Waals surface area contributed by atoms with E-state index in [-0.39, 0.29) is 23.6 Å². The number of carbonyl (C=O) groups excluding carboxylic acids is 2. The van der Waals surface area contributed by atoms with Gasteiger partial charge in [0.25, 0.3) is 11.8 Å². The molecule has 106 valence electrons. The van der Waals surface area contributed by atoms with Gasteiger partial charge in [-0.05, 0) is 30.3 Å². The van der Waals surface area contributed by atoms with Gasteiger partial charge in [-0.2, -0.15) is 0 Å². The van der Waals surface area contributed by atoms with E-state index in [0.29, 0.717) is 22.7 Å². The topological polar surface area (TPSA) is 80.3 Å². The number of pyridine rings is 1. The quantitative estimate of drug-likeness (QED) is 0.834. The van der Waals surface area contributed by atoms with Gasteiger partial charge in [-0.1, -0.05) is 11.6 Å². The van der Waals surface area contributed by atoms with Gasteiger partial charge >= 0.3 is 0 Å². The lowest BCUT2D eigenvalue weighted by Gasteiger charge is -2.18. The number of ether oxygens (including phenoxy) is 1. The Kier molecular flexibility index (Phi) is 3.45. The fourth-order valence-electron chi connectivity index (χ4n) is 1.90. The number of nitrogens with zero attached hydrogens (tertiary/aromatic N) is 1. The van der Waals surface area contributed by atoms with Crippen molar-refractivity contribution >= 4 is 34.8 Å². The lowest BCUT2D eigenvalue weighted by Crippen LogP contribution is -2.25. The van der Waals surface area contributed by atoms with Crippen molar-refractivity contribution in [1.82, 2.24) is 4.98 Å². The summed E-state index contributed by atoms with van der Waals surface area (Å²) in [4.78, 5) is 27.3. The lowest BCUT2D eigenvalue weighted by molar-refractivity contribution is -0.118. The van der Waals surface area contributed by atoms with Gasteiger partial charge in [0.2, 0.25) is 0 Å². The molecule has 0 saturated carbocycles. The molecule has 0 spiro atoms. The molecule has 2 heterocycles. The molecule has 7 heteroatoms. The number of halogens is 1. The molecule has 1 aliphatic rings. The first kappa shape index (κ1) is 13.4. The third-order valence-electron chi connectivity index (χ3n) is 2.88. The van der Waals surface area contributed by atoms with Gasteiger partial charge in [-0.3, -0.25) is 9.59 Å². The van der Waals surface area contributed by atoms with Gasteiger partial charge in [-0.15, -0.1) is 0 Å². The van der Waals surface area contributed by atoms with Crippen LogP contribution in [0.3, 0.4) is 0 Å². The van der Waals surface area contributed by atoms with Crippen molar-refractivity contribution in [1.29, 1.82) is 0 Å². The summed E-state index contributed by atoms with van der Waals surface area (Å²) in [7, 11) is 0. The van der Waals surface area contributed by atoms with E-state index in [4.69, 9.17) is 16.3 Å². The first-order valence-electron chi connectivity index (χ1n) is 6.12. The zero-order valence-corrected chi connectivity index (χ0v) is 11.5. The average molecular weight is 304 g/mol. The van der Waals surface area contributed by atoms with E-state index in [9.17, 15) is 9.59 Å². The zero-order chi connectivity index (χ0) is 14.8. The number of hydrogen-bond donors (Lipinski definition) is 2. The number of aromatic nitrogens is 1. The second kappa shape index (κ2) is 5.41. The highest BCUT2D eigenvalue weighted by atomic mass is 35.5. The second-order valence-corrected chi connectivity index (χ2v) is 4.70. The summed E-state index contributed by atoms with van der Waals surface area (Å²) in [6, 6.07) is 8.11. The fourth-order valence-corrected chi connectivity index (χ4v) is 2.06. The van der Waals surface area contributed by atoms with Gasteiger partial charge < -0.3 is 15.4 Å². The molecule has 1 aliphatic heterocycles. The molecule has 1 aromatic carbocycles. The van der Waals surface area contributed by atoms with Crippen LogP contribution in [0.5, 0.6) is 5.75 Å². The maximum absolute atomic E-state index is 12.2. The Bertz CT molecular complexity index is 733. The van der Waals surface area contributed by atoms with Crippen molar-refractivity contribution in [3.63, 3.8) is 0 Å². The summed E-state index contributed by atoms with van der Waals surface area (Å²) >= 11 is 5.89. The van der Waals surface area contributed by atoms with Gasteiger partial charge in [0.15, 0.2) is 11.8 Å². The highest BCUT2D eigenvalue weighted by Crippen LogP contribution is 2.29. The molecule has 0 atom stereocenters. The number of benzene rings is 1. The molecule has 6 nitrogen and oxygen atoms in total. The van der Waals surface area contributed by atoms with E-state index >= 15 is 0 Å². The summed E-state index contributed by atoms with van der Waals surface area (Å²) in [6.07, 6.45) is 1.53. The number of anilines is 2. The van der Waals surface area contributed by atoms with Gasteiger partial charge in [0.1, 0.15) is 5.75 Å². The molecule has 0 fully saturated rings. The van der Waals surface area contributed by atoms with Crippen molar-refractivity contribution < 1.29 is 14.3 Å². The van der Waals surface area contributed by atoms with Crippen LogP contribution in [0, 0.1) is 0 Å². The third-order valence-corrected chi connectivity index (χ3v) is 3.18. The van der Waals surface area contributed by atoms with E-state index < -0.39 is 0 Å². The van der Waals surface area contributed by atoms with E-state index in [1.807, 2.05) is 0 Å². The fraction of sp³-hybridized carbons (Fsp3) is 0.0714. The van der Waals surface area contributed by atoms with Crippen LogP contribution in [0.1, 0.15) is 10.4 Å². The molecule has 2 N–H and O–H groups in total. The van der Waals surface area contributed by atoms with Crippen LogP contribution >= 0.6 is 11.6 Å². The van der Waals surface area contributed by atoms with Crippen LogP contribution in [-0.2, 0) is 4.79 Å². The summed E-state index contributed by atoms with van der Waals surface area (Å²) in [6.45, 7) is -0.0240. The molecule has 0 unspecified atom stereocenters. The Hall–Kier alpha value is -2.60. The first-order chi connectivity index (χ1) is 10.1. The van der Waals surface area contributed by atoms with E-state index in [1.54, 1.807) is 30.3 Å². The molecular weight excluding hydrogens is 294 g/mol. The highest BCUT2D eigenvalue weighted by Gasteiger charge is 2.18. The second-order valence-electron chi connectivity index (χ2n) is 4.34. The molecule has 0 saturated heterocycles. The van der Waals surface area contributed by atoms with Crippen molar-refractivity contribution in [2.45, 2.75) is 0 Å². The molecular formula is C14H10ClN3O3. The van der Waals surface area contributed by atoms with E-state index in [0.717, 1.165) is 0 Å². The lowest BCUT2D eigenvalue weighted by atomic mass is 10.1. The largest absolute Gasteiger partial charge is 0.482 e. The zero-order valence-electron chi connectivity index (χ0n) is 10.7. The van der Waals surface area contributed by atoms with E-state index in [1.165, 1.54) is 6.20 Å². The predicted octanol–water partition coefficient (Wildman–Crippen LogP) is 2.32. The summed E-state index contributed by atoms with van der Waals surface area (Å²) in [5.74, 6) is -0.0755. The standard InChI is InChI=1S/C14H10ClN3O3/c15-13-9(2-1-5-16-13)18-14(20)8-3-4-11-10(6-8)17-12(19)7-21-11/h1-6H,7H2,(H,17,19)(H,18,20). The normalized spacial score (nSPS) is 12.9. The summed E-state index contributed by atoms with van der Waals surface area (Å²) in [5, 5.41) is 5.51. The summed E-state index contributed by atoms with van der Waals surface area (Å²) < 4.78 is 5.23. The number of hydrogen-bond acceptors (Lipinski definition) is 4. The van der Waals surface area contributed by atoms with E-state index in [2.05, 4.69) is 15.6 Å². The Morgan fingerprint density at radius 3 is 3.05 bits per heavy atom. The molecule has 21 heavy (non-hydrogen) atoms. The smallest absolute Gasteiger partial charge is 0.262 e. The first-order valence-corrected chi connectivity index (χ1v) is 6.50. The SMILES string of the molecule is O=C1COc2ccc(C(=O)Nc3cccnc3Cl)cc2N1. The highest BCUT2D eigenvalue weighted by molar-refractivity contribution is 6.32. The van der Waals surface area contributed by atoms with Crippen molar-refractivity contribution in [2.24, 2.45) is 0 Å². The Morgan fingerprint density at radius 1 is 1.38 bits per heavy atom. The minimum Gasteiger partial charge on any atom is -0.482 e. The van der Waals surface area contributed by atoms with Crippen LogP contribution in [0.15, 0.2) is 36.5 Å². The number of rotatable bonds is 2. The molecule has 3 rings (SSSR count). The average Bonchev–Trinajstić information content (AvgIpc) is 2.48. The van der Waals surface area contributed by atoms with Gasteiger partial charge in [0.05, 0.1) is 11.4 Å². The molecule has 2 aromatic rings. The minimum atomic E-state index is -0.354. The van der Waals surface area contributed by atoms with Gasteiger partial charge in [0, 0.05) is 11.8 Å².